The lowest BCUT2D eigenvalue weighted by Gasteiger charge is -2.18. The molecule has 0 N–H and O–H groups in total. The van der Waals surface area contributed by atoms with E-state index >= 15 is 0 Å². The molecule has 5 nitrogen and oxygen atoms in total. The Morgan fingerprint density at radius 3 is 1.69 bits per heavy atom. The van der Waals surface area contributed by atoms with Crippen molar-refractivity contribution in [2.45, 2.75) is 19.3 Å². The van der Waals surface area contributed by atoms with Crippen molar-refractivity contribution in [3.8, 4) is 73.6 Å². The van der Waals surface area contributed by atoms with Crippen molar-refractivity contribution < 1.29 is 4.42 Å². The Balaban J connectivity index is 0.981. The largest absolute Gasteiger partial charge is 0.455 e. The fraction of sp³-hybridized carbons (Fsp3) is 0.0508. The van der Waals surface area contributed by atoms with E-state index in [1.165, 1.54) is 16.5 Å². The molecule has 64 heavy (non-hydrogen) atoms. The van der Waals surface area contributed by atoms with Crippen LogP contribution in [0.15, 0.2) is 192 Å². The molecule has 2 aromatic heterocycles. The molecular weight excluding hydrogens is 781 g/mol. The van der Waals surface area contributed by atoms with Crippen LogP contribution in [-0.2, 0) is 5.41 Å². The van der Waals surface area contributed by atoms with E-state index in [9.17, 15) is 5.26 Å². The summed E-state index contributed by atoms with van der Waals surface area (Å²) in [4.78, 5) is 15.3. The number of para-hydroxylation sites is 1. The Hall–Kier alpha value is -8.46. The van der Waals surface area contributed by atoms with E-state index in [1.54, 1.807) is 0 Å². The monoisotopic (exact) mass is 818 g/mol. The molecule has 0 bridgehead atoms. The van der Waals surface area contributed by atoms with Crippen LogP contribution in [0.1, 0.15) is 30.5 Å². The molecule has 300 valence electrons. The van der Waals surface area contributed by atoms with Gasteiger partial charge >= 0.3 is 0 Å². The van der Waals surface area contributed by atoms with Crippen molar-refractivity contribution >= 4 is 49.6 Å². The van der Waals surface area contributed by atoms with E-state index in [0.29, 0.717) is 23.0 Å². The van der Waals surface area contributed by atoms with Crippen LogP contribution in [0.4, 0.5) is 0 Å². The van der Waals surface area contributed by atoms with Crippen LogP contribution < -0.4 is 0 Å². The van der Waals surface area contributed by atoms with Gasteiger partial charge in [-0.1, -0.05) is 159 Å². The van der Waals surface area contributed by atoms with Gasteiger partial charge in [-0.2, -0.15) is 5.26 Å². The molecule has 0 unspecified atom stereocenters. The molecule has 1 aliphatic rings. The van der Waals surface area contributed by atoms with Crippen LogP contribution in [0.5, 0.6) is 0 Å². The Kier molecular flexibility index (Phi) is 8.50. The molecule has 11 aromatic rings. The summed E-state index contributed by atoms with van der Waals surface area (Å²) < 4.78 is 6.80. The lowest BCUT2D eigenvalue weighted by atomic mass is 9.86. The fourth-order valence-electron chi connectivity index (χ4n) is 9.41. The number of furan rings is 1. The Morgan fingerprint density at radius 1 is 0.438 bits per heavy atom. The third-order valence-corrected chi connectivity index (χ3v) is 12.8. The minimum atomic E-state index is -0.0672. The molecule has 5 heteroatoms. The average molecular weight is 819 g/mol. The normalized spacial score (nSPS) is 12.9. The molecule has 0 fully saturated rings. The quantitative estimate of drug-likeness (QED) is 0.156. The molecule has 0 amide bonds. The molecule has 0 aliphatic heterocycles. The van der Waals surface area contributed by atoms with Crippen LogP contribution >= 0.6 is 0 Å². The fourth-order valence-corrected chi connectivity index (χ4v) is 9.41. The highest BCUT2D eigenvalue weighted by Gasteiger charge is 2.26. The van der Waals surface area contributed by atoms with Crippen molar-refractivity contribution in [1.29, 1.82) is 5.26 Å². The highest BCUT2D eigenvalue weighted by molar-refractivity contribution is 6.30. The SMILES string of the molecule is CC1(C)C=Cc2ccc(-c3nc(-c4ccccc4)nc(-c4cccc(-c5ccc6c7ccc(-c8cccc(-c9ccc(C#N)cc9)c8)cc7c7c8ccccc8oc7c6c5)c4)n3)cc21. The van der Waals surface area contributed by atoms with Crippen LogP contribution in [0.2, 0.25) is 0 Å². The number of hydrogen-bond acceptors (Lipinski definition) is 5. The van der Waals surface area contributed by atoms with Crippen molar-refractivity contribution in [3.63, 3.8) is 0 Å². The van der Waals surface area contributed by atoms with Gasteiger partial charge in [0.1, 0.15) is 11.2 Å². The second kappa shape index (κ2) is 14.6. The van der Waals surface area contributed by atoms with Gasteiger partial charge in [0.2, 0.25) is 0 Å². The number of allylic oxidation sites excluding steroid dienone is 1. The zero-order valence-corrected chi connectivity index (χ0v) is 35.2. The molecule has 0 atom stereocenters. The third-order valence-electron chi connectivity index (χ3n) is 12.8. The van der Waals surface area contributed by atoms with Crippen molar-refractivity contribution in [2.24, 2.45) is 0 Å². The van der Waals surface area contributed by atoms with E-state index in [4.69, 9.17) is 19.4 Å². The van der Waals surface area contributed by atoms with Gasteiger partial charge in [0.05, 0.1) is 11.6 Å². The number of hydrogen-bond donors (Lipinski definition) is 0. The summed E-state index contributed by atoms with van der Waals surface area (Å²) in [5.74, 6) is 1.90. The van der Waals surface area contributed by atoms with Gasteiger partial charge < -0.3 is 4.42 Å². The number of nitriles is 1. The number of benzene rings is 9. The van der Waals surface area contributed by atoms with Gasteiger partial charge in [0, 0.05) is 38.3 Å². The van der Waals surface area contributed by atoms with Crippen LogP contribution in [0.25, 0.3) is 117 Å². The van der Waals surface area contributed by atoms with Gasteiger partial charge in [0.15, 0.2) is 17.5 Å². The predicted octanol–water partition coefficient (Wildman–Crippen LogP) is 15.3. The zero-order valence-electron chi connectivity index (χ0n) is 35.2. The Morgan fingerprint density at radius 2 is 0.969 bits per heavy atom. The number of rotatable bonds is 6. The standard InChI is InChI=1S/C59H38N4O/c1-59(2)29-28-38-22-23-46(34-52(38)59)58-62-56(39-10-4-3-5-11-39)61-57(63-58)45-15-9-14-42(31-45)44-25-27-48-47-26-24-43(41-13-8-12-40(30-41)37-20-18-36(35-60)19-21-37)32-50(47)54-49-16-6-7-17-53(49)64-55(54)51(48)33-44/h3-34H,1-2H3. The van der Waals surface area contributed by atoms with Gasteiger partial charge in [-0.3, -0.25) is 0 Å². The molecule has 0 spiro atoms. The minimum absolute atomic E-state index is 0.0672. The highest BCUT2D eigenvalue weighted by atomic mass is 16.3. The van der Waals surface area contributed by atoms with E-state index in [1.807, 2.05) is 60.7 Å². The topological polar surface area (TPSA) is 75.6 Å². The van der Waals surface area contributed by atoms with Gasteiger partial charge in [0.25, 0.3) is 0 Å². The van der Waals surface area contributed by atoms with Gasteiger partial charge in [-0.05, 0) is 109 Å². The summed E-state index contributed by atoms with van der Waals surface area (Å²) in [6.45, 7) is 4.48. The summed E-state index contributed by atoms with van der Waals surface area (Å²) in [6.07, 6.45) is 4.46. The second-order valence-corrected chi connectivity index (χ2v) is 17.2. The van der Waals surface area contributed by atoms with Crippen molar-refractivity contribution in [3.05, 3.63) is 205 Å². The van der Waals surface area contributed by atoms with E-state index in [0.717, 1.165) is 88.2 Å². The first-order valence-electron chi connectivity index (χ1n) is 21.6. The average Bonchev–Trinajstić information content (AvgIpc) is 3.90. The zero-order chi connectivity index (χ0) is 42.9. The molecular formula is C59H38N4O. The molecule has 1 aliphatic carbocycles. The van der Waals surface area contributed by atoms with E-state index in [2.05, 4.69) is 153 Å². The van der Waals surface area contributed by atoms with Crippen molar-refractivity contribution in [1.82, 2.24) is 15.0 Å². The smallest absolute Gasteiger partial charge is 0.164 e. The Bertz CT molecular complexity index is 3760. The maximum Gasteiger partial charge on any atom is 0.164 e. The molecule has 9 aromatic carbocycles. The van der Waals surface area contributed by atoms with Gasteiger partial charge in [-0.25, -0.2) is 15.0 Å². The summed E-state index contributed by atoms with van der Waals surface area (Å²) in [5.41, 5.74) is 14.2. The molecule has 12 rings (SSSR count). The molecule has 0 saturated heterocycles. The number of fused-ring (bicyclic) bond motifs is 9. The summed E-state index contributed by atoms with van der Waals surface area (Å²) in [7, 11) is 0. The third kappa shape index (κ3) is 6.27. The predicted molar refractivity (Wildman–Crippen MR) is 262 cm³/mol. The maximum atomic E-state index is 9.33. The minimum Gasteiger partial charge on any atom is -0.455 e. The molecule has 2 heterocycles. The number of aromatic nitrogens is 3. The first-order valence-corrected chi connectivity index (χ1v) is 21.6. The first-order chi connectivity index (χ1) is 31.4. The Labute approximate surface area is 370 Å². The summed E-state index contributed by atoms with van der Waals surface area (Å²) >= 11 is 0. The van der Waals surface area contributed by atoms with Crippen molar-refractivity contribution in [2.75, 3.05) is 0 Å². The van der Waals surface area contributed by atoms with Crippen LogP contribution in [-0.4, -0.2) is 15.0 Å². The summed E-state index contributed by atoms with van der Waals surface area (Å²) in [5, 5.41) is 16.0. The molecule has 0 radical (unpaired) electrons. The van der Waals surface area contributed by atoms with Gasteiger partial charge in [-0.15, -0.1) is 0 Å². The van der Waals surface area contributed by atoms with Crippen LogP contribution in [0.3, 0.4) is 0 Å². The first kappa shape index (κ1) is 37.3. The van der Waals surface area contributed by atoms with E-state index in [-0.39, 0.29) is 5.41 Å². The summed E-state index contributed by atoms with van der Waals surface area (Å²) in [6, 6.07) is 65.5. The molecule has 0 saturated carbocycles. The van der Waals surface area contributed by atoms with E-state index < -0.39 is 0 Å². The maximum absolute atomic E-state index is 9.33. The lowest BCUT2D eigenvalue weighted by molar-refractivity contribution is 0.673. The lowest BCUT2D eigenvalue weighted by Crippen LogP contribution is -2.11. The van der Waals surface area contributed by atoms with Crippen LogP contribution in [0, 0.1) is 11.3 Å². The second-order valence-electron chi connectivity index (χ2n) is 17.2. The number of nitrogens with zero attached hydrogens (tertiary/aromatic N) is 4. The highest BCUT2D eigenvalue weighted by Crippen LogP contribution is 2.44.